The van der Waals surface area contributed by atoms with E-state index in [1.807, 2.05) is 6.92 Å². The number of carbonyl (C=O) groups is 2. The van der Waals surface area contributed by atoms with Gasteiger partial charge in [0.2, 0.25) is 5.91 Å². The predicted octanol–water partition coefficient (Wildman–Crippen LogP) is 2.01. The fourth-order valence-electron chi connectivity index (χ4n) is 2.48. The lowest BCUT2D eigenvalue weighted by atomic mass is 10.1. The molecule has 1 rings (SSSR count). The van der Waals surface area contributed by atoms with Gasteiger partial charge in [0.05, 0.1) is 6.61 Å². The van der Waals surface area contributed by atoms with Crippen LogP contribution in [0.15, 0.2) is 24.5 Å². The summed E-state index contributed by atoms with van der Waals surface area (Å²) in [4.78, 5) is 29.1. The van der Waals surface area contributed by atoms with E-state index < -0.39 is 6.04 Å². The minimum atomic E-state index is -0.415. The first-order chi connectivity index (χ1) is 12.5. The first kappa shape index (κ1) is 22.1. The Morgan fingerprint density at radius 1 is 1.23 bits per heavy atom. The van der Waals surface area contributed by atoms with Crippen LogP contribution in [0.5, 0.6) is 0 Å². The summed E-state index contributed by atoms with van der Waals surface area (Å²) in [5.41, 5.74) is 3.44. The van der Waals surface area contributed by atoms with E-state index in [9.17, 15) is 9.59 Å². The summed E-state index contributed by atoms with van der Waals surface area (Å²) < 4.78 is 4.99. The van der Waals surface area contributed by atoms with Crippen molar-refractivity contribution in [2.24, 2.45) is 5.92 Å². The lowest BCUT2D eigenvalue weighted by Gasteiger charge is -2.31. The minimum Gasteiger partial charge on any atom is -0.383 e. The zero-order valence-corrected chi connectivity index (χ0v) is 16.3. The van der Waals surface area contributed by atoms with Gasteiger partial charge in [-0.3, -0.25) is 20.0 Å². The second-order valence-electron chi connectivity index (χ2n) is 6.64. The molecule has 7 heteroatoms. The van der Waals surface area contributed by atoms with Crippen molar-refractivity contribution >= 4 is 11.8 Å². The van der Waals surface area contributed by atoms with E-state index in [0.717, 1.165) is 12.8 Å². The lowest BCUT2D eigenvalue weighted by Crippen LogP contribution is -2.55. The van der Waals surface area contributed by atoms with E-state index in [2.05, 4.69) is 29.6 Å². The molecule has 0 radical (unpaired) electrons. The van der Waals surface area contributed by atoms with Crippen LogP contribution in [-0.2, 0) is 9.53 Å². The maximum atomic E-state index is 12.6. The Labute approximate surface area is 156 Å². The molecule has 1 aromatic heterocycles. The number of nitrogens with zero attached hydrogens (tertiary/aromatic N) is 2. The molecule has 2 amide bonds. The molecule has 0 aliphatic carbocycles. The molecule has 0 saturated carbocycles. The number of carbonyl (C=O) groups excluding carboxylic acids is 2. The number of rotatable bonds is 12. The zero-order valence-electron chi connectivity index (χ0n) is 16.3. The van der Waals surface area contributed by atoms with Gasteiger partial charge in [-0.2, -0.15) is 0 Å². The average molecular weight is 364 g/mol. The van der Waals surface area contributed by atoms with Crippen molar-refractivity contribution in [3.05, 3.63) is 30.1 Å². The first-order valence-electron chi connectivity index (χ1n) is 9.23. The molecule has 26 heavy (non-hydrogen) atoms. The summed E-state index contributed by atoms with van der Waals surface area (Å²) in [6.07, 6.45) is 5.53. The summed E-state index contributed by atoms with van der Waals surface area (Å²) in [6, 6.07) is 2.90. The molecule has 0 spiro atoms. The highest BCUT2D eigenvalue weighted by atomic mass is 16.5. The Bertz CT molecular complexity index is 537. The minimum absolute atomic E-state index is 0.0947. The highest BCUT2D eigenvalue weighted by molar-refractivity contribution is 5.94. The number of amides is 2. The van der Waals surface area contributed by atoms with Crippen LogP contribution < -0.4 is 10.7 Å². The molecular weight excluding hydrogens is 332 g/mol. The third kappa shape index (κ3) is 7.93. The Morgan fingerprint density at radius 3 is 2.50 bits per heavy atom. The molecule has 1 aromatic rings. The molecule has 1 heterocycles. The van der Waals surface area contributed by atoms with E-state index in [1.165, 1.54) is 0 Å². The van der Waals surface area contributed by atoms with E-state index in [-0.39, 0.29) is 11.8 Å². The van der Waals surface area contributed by atoms with Gasteiger partial charge in [0.25, 0.3) is 5.91 Å². The number of hydrogen-bond acceptors (Lipinski definition) is 5. The predicted molar refractivity (Wildman–Crippen MR) is 101 cm³/mol. The maximum Gasteiger partial charge on any atom is 0.265 e. The largest absolute Gasteiger partial charge is 0.383 e. The van der Waals surface area contributed by atoms with Crippen molar-refractivity contribution < 1.29 is 14.3 Å². The summed E-state index contributed by atoms with van der Waals surface area (Å²) in [5, 5.41) is 4.65. The fourth-order valence-corrected chi connectivity index (χ4v) is 2.48. The average Bonchev–Trinajstić information content (AvgIpc) is 2.64. The summed E-state index contributed by atoms with van der Waals surface area (Å²) in [5.74, 6) is 0.138. The number of hydrogen-bond donors (Lipinski definition) is 2. The fraction of sp³-hybridized carbons (Fsp3) is 0.632. The monoisotopic (exact) mass is 364 g/mol. The molecule has 0 aliphatic rings. The lowest BCUT2D eigenvalue weighted by molar-refractivity contribution is -0.128. The van der Waals surface area contributed by atoms with E-state index in [4.69, 9.17) is 4.74 Å². The first-order valence-corrected chi connectivity index (χ1v) is 9.23. The summed E-state index contributed by atoms with van der Waals surface area (Å²) >= 11 is 0. The van der Waals surface area contributed by atoms with Gasteiger partial charge in [0.1, 0.15) is 6.04 Å². The molecule has 1 atom stereocenters. The normalized spacial score (nSPS) is 12.2. The molecule has 0 bridgehead atoms. The summed E-state index contributed by atoms with van der Waals surface area (Å²) in [7, 11) is 1.60. The summed E-state index contributed by atoms with van der Waals surface area (Å²) in [6.45, 7) is 7.79. The van der Waals surface area contributed by atoms with Crippen molar-refractivity contribution in [2.45, 2.75) is 46.1 Å². The number of nitrogens with one attached hydrogen (secondary N) is 2. The van der Waals surface area contributed by atoms with Crippen molar-refractivity contribution in [2.75, 3.05) is 26.8 Å². The van der Waals surface area contributed by atoms with Crippen molar-refractivity contribution in [3.8, 4) is 0 Å². The van der Waals surface area contributed by atoms with Gasteiger partial charge in [0, 0.05) is 38.2 Å². The molecule has 0 aliphatic heterocycles. The smallest absolute Gasteiger partial charge is 0.265 e. The Kier molecular flexibility index (Phi) is 10.5. The Hall–Kier alpha value is -1.99. The second kappa shape index (κ2) is 12.4. The van der Waals surface area contributed by atoms with Crippen LogP contribution in [0.4, 0.5) is 0 Å². The standard InChI is InChI=1S/C19H32N4O3/c1-5-6-17(19(25)21-12-14-26-4)23(13-9-15(2)3)22-18(24)16-7-10-20-11-8-16/h7-8,10-11,15,17H,5-6,9,12-14H2,1-4H3,(H,21,25)(H,22,24)/t17-/m0/s1. The SMILES string of the molecule is CCC[C@@H](C(=O)NCCOC)N(CCC(C)C)NC(=O)c1ccncc1. The molecule has 0 aromatic carbocycles. The van der Waals surface area contributed by atoms with Crippen molar-refractivity contribution in [1.82, 2.24) is 20.7 Å². The van der Waals surface area contributed by atoms with Crippen LogP contribution >= 0.6 is 0 Å². The topological polar surface area (TPSA) is 83.6 Å². The molecule has 0 unspecified atom stereocenters. The van der Waals surface area contributed by atoms with Crippen LogP contribution in [0.3, 0.4) is 0 Å². The van der Waals surface area contributed by atoms with Gasteiger partial charge in [-0.1, -0.05) is 27.2 Å². The van der Waals surface area contributed by atoms with Gasteiger partial charge in [0.15, 0.2) is 0 Å². The van der Waals surface area contributed by atoms with Crippen molar-refractivity contribution in [3.63, 3.8) is 0 Å². The van der Waals surface area contributed by atoms with Crippen LogP contribution in [0, 0.1) is 5.92 Å². The number of methoxy groups -OCH3 is 1. The van der Waals surface area contributed by atoms with Crippen LogP contribution in [0.25, 0.3) is 0 Å². The Morgan fingerprint density at radius 2 is 1.92 bits per heavy atom. The van der Waals surface area contributed by atoms with Crippen LogP contribution in [0.2, 0.25) is 0 Å². The molecule has 0 saturated heterocycles. The molecule has 146 valence electrons. The number of aromatic nitrogens is 1. The van der Waals surface area contributed by atoms with Crippen LogP contribution in [-0.4, -0.2) is 54.7 Å². The number of hydrazine groups is 1. The van der Waals surface area contributed by atoms with Gasteiger partial charge < -0.3 is 10.1 Å². The maximum absolute atomic E-state index is 12.6. The molecule has 0 fully saturated rings. The molecule has 2 N–H and O–H groups in total. The molecule has 7 nitrogen and oxygen atoms in total. The molecular formula is C19H32N4O3. The highest BCUT2D eigenvalue weighted by Gasteiger charge is 2.26. The van der Waals surface area contributed by atoms with Gasteiger partial charge in [-0.25, -0.2) is 5.01 Å². The van der Waals surface area contributed by atoms with E-state index in [0.29, 0.717) is 37.6 Å². The third-order valence-corrected chi connectivity index (χ3v) is 3.98. The highest BCUT2D eigenvalue weighted by Crippen LogP contribution is 2.10. The zero-order chi connectivity index (χ0) is 19.4. The van der Waals surface area contributed by atoms with E-state index in [1.54, 1.807) is 36.6 Å². The van der Waals surface area contributed by atoms with E-state index >= 15 is 0 Å². The van der Waals surface area contributed by atoms with Crippen molar-refractivity contribution in [1.29, 1.82) is 0 Å². The Balaban J connectivity index is 2.87. The number of pyridine rings is 1. The van der Waals surface area contributed by atoms with Gasteiger partial charge in [-0.15, -0.1) is 0 Å². The quantitative estimate of drug-likeness (QED) is 0.438. The van der Waals surface area contributed by atoms with Gasteiger partial charge >= 0.3 is 0 Å². The third-order valence-electron chi connectivity index (χ3n) is 3.98. The van der Waals surface area contributed by atoms with Gasteiger partial charge in [-0.05, 0) is 30.9 Å². The number of ether oxygens (including phenoxy) is 1. The second-order valence-corrected chi connectivity index (χ2v) is 6.64. The van der Waals surface area contributed by atoms with Crippen LogP contribution in [0.1, 0.15) is 50.4 Å².